The Labute approximate surface area is 112 Å². The van der Waals surface area contributed by atoms with Crippen molar-refractivity contribution >= 4 is 28.1 Å². The summed E-state index contributed by atoms with van der Waals surface area (Å²) in [7, 11) is 0. The van der Waals surface area contributed by atoms with E-state index in [1.807, 2.05) is 0 Å². The number of nitrogens with one attached hydrogen (secondary N) is 1. The number of thiazole rings is 1. The molecule has 0 spiro atoms. The van der Waals surface area contributed by atoms with Crippen LogP contribution >= 0.6 is 11.3 Å². The van der Waals surface area contributed by atoms with Crippen LogP contribution in [0.25, 0.3) is 0 Å². The van der Waals surface area contributed by atoms with Gasteiger partial charge in [-0.1, -0.05) is 0 Å². The highest BCUT2D eigenvalue weighted by Crippen LogP contribution is 2.39. The van der Waals surface area contributed by atoms with Gasteiger partial charge in [-0.3, -0.25) is 4.79 Å². The van der Waals surface area contributed by atoms with E-state index in [0.717, 1.165) is 17.0 Å². The number of aryl methyl sites for hydroxylation is 1. The monoisotopic (exact) mass is 278 g/mol. The first-order chi connectivity index (χ1) is 9.13. The lowest BCUT2D eigenvalue weighted by Gasteiger charge is -2.03. The molecular weight excluding hydrogens is 267 g/mol. The quantitative estimate of drug-likeness (QED) is 0.905. The topological polar surface area (TPSA) is 62.2 Å². The van der Waals surface area contributed by atoms with Crippen LogP contribution in [-0.4, -0.2) is 16.1 Å². The Morgan fingerprint density at radius 1 is 1.42 bits per heavy atom. The summed E-state index contributed by atoms with van der Waals surface area (Å²) in [6, 6.07) is 5.97. The van der Waals surface area contributed by atoms with Crippen LogP contribution in [0.2, 0.25) is 0 Å². The lowest BCUT2D eigenvalue weighted by atomic mass is 10.1. The number of halogens is 1. The molecule has 98 valence electrons. The fraction of sp³-hybridized carbons (Fsp3) is 0.231. The second-order valence-electron chi connectivity index (χ2n) is 4.39. The molecule has 4 nitrogen and oxygen atoms in total. The van der Waals surface area contributed by atoms with Crippen molar-refractivity contribution in [1.29, 1.82) is 0 Å². The van der Waals surface area contributed by atoms with Crippen LogP contribution in [0, 0.1) is 5.82 Å². The van der Waals surface area contributed by atoms with Gasteiger partial charge in [0.15, 0.2) is 5.13 Å². The molecule has 1 atom stereocenters. The number of hydrogen-bond acceptors (Lipinski definition) is 4. The molecular formula is C13H11FN2O2S. The van der Waals surface area contributed by atoms with Crippen molar-refractivity contribution in [3.05, 3.63) is 40.7 Å². The highest BCUT2D eigenvalue weighted by Gasteiger charge is 2.32. The Hall–Kier alpha value is -1.95. The lowest BCUT2D eigenvalue weighted by molar-refractivity contribution is -0.138. The van der Waals surface area contributed by atoms with Gasteiger partial charge in [0, 0.05) is 10.6 Å². The smallest absolute Gasteiger partial charge is 0.312 e. The number of nitrogens with zero attached hydrogens (tertiary/aromatic N) is 1. The summed E-state index contributed by atoms with van der Waals surface area (Å²) >= 11 is 1.46. The highest BCUT2D eigenvalue weighted by atomic mass is 32.1. The third kappa shape index (κ3) is 2.31. The van der Waals surface area contributed by atoms with Gasteiger partial charge in [0.1, 0.15) is 11.7 Å². The van der Waals surface area contributed by atoms with Gasteiger partial charge in [0.05, 0.1) is 5.69 Å². The van der Waals surface area contributed by atoms with Crippen LogP contribution in [0.1, 0.15) is 22.9 Å². The van der Waals surface area contributed by atoms with Crippen molar-refractivity contribution in [2.75, 3.05) is 5.32 Å². The third-order valence-electron chi connectivity index (χ3n) is 3.11. The van der Waals surface area contributed by atoms with Gasteiger partial charge < -0.3 is 10.4 Å². The van der Waals surface area contributed by atoms with Crippen molar-refractivity contribution in [3.8, 4) is 0 Å². The SMILES string of the molecule is O=C(O)C1CCc2sc(Nc3ccc(F)cc3)nc21. The zero-order valence-corrected chi connectivity index (χ0v) is 10.7. The van der Waals surface area contributed by atoms with Gasteiger partial charge >= 0.3 is 5.97 Å². The average molecular weight is 278 g/mol. The van der Waals surface area contributed by atoms with Crippen molar-refractivity contribution in [2.24, 2.45) is 0 Å². The van der Waals surface area contributed by atoms with E-state index < -0.39 is 11.9 Å². The van der Waals surface area contributed by atoms with Crippen LogP contribution in [0.4, 0.5) is 15.2 Å². The average Bonchev–Trinajstić information content (AvgIpc) is 2.91. The molecule has 19 heavy (non-hydrogen) atoms. The Morgan fingerprint density at radius 2 is 2.16 bits per heavy atom. The predicted octanol–water partition coefficient (Wildman–Crippen LogP) is 3.14. The fourth-order valence-electron chi connectivity index (χ4n) is 2.18. The zero-order chi connectivity index (χ0) is 13.4. The molecule has 1 aromatic heterocycles. The molecule has 0 saturated carbocycles. The van der Waals surface area contributed by atoms with Crippen molar-refractivity contribution in [2.45, 2.75) is 18.8 Å². The number of aromatic nitrogens is 1. The molecule has 0 bridgehead atoms. The van der Waals surface area contributed by atoms with Crippen LogP contribution in [0.5, 0.6) is 0 Å². The maximum atomic E-state index is 12.8. The van der Waals surface area contributed by atoms with Gasteiger partial charge in [0.25, 0.3) is 0 Å². The largest absolute Gasteiger partial charge is 0.481 e. The number of carboxylic acid groups (broad SMARTS) is 1. The van der Waals surface area contributed by atoms with E-state index in [1.54, 1.807) is 12.1 Å². The predicted molar refractivity (Wildman–Crippen MR) is 70.5 cm³/mol. The molecule has 2 N–H and O–H groups in total. The summed E-state index contributed by atoms with van der Waals surface area (Å²) < 4.78 is 12.8. The second kappa shape index (κ2) is 4.62. The van der Waals surface area contributed by atoms with Crippen LogP contribution in [0.3, 0.4) is 0 Å². The highest BCUT2D eigenvalue weighted by molar-refractivity contribution is 7.15. The third-order valence-corrected chi connectivity index (χ3v) is 4.16. The van der Waals surface area contributed by atoms with Crippen molar-refractivity contribution in [1.82, 2.24) is 4.98 Å². The van der Waals surface area contributed by atoms with E-state index in [0.29, 0.717) is 17.2 Å². The minimum atomic E-state index is -0.822. The first-order valence-corrected chi connectivity index (χ1v) is 6.70. The normalized spacial score (nSPS) is 17.2. The zero-order valence-electron chi connectivity index (χ0n) is 9.89. The van der Waals surface area contributed by atoms with Gasteiger partial charge in [-0.05, 0) is 37.1 Å². The summed E-state index contributed by atoms with van der Waals surface area (Å²) in [5.41, 5.74) is 1.41. The number of fused-ring (bicyclic) bond motifs is 1. The van der Waals surface area contributed by atoms with Crippen LogP contribution < -0.4 is 5.32 Å². The van der Waals surface area contributed by atoms with E-state index in [9.17, 15) is 9.18 Å². The number of benzene rings is 1. The summed E-state index contributed by atoms with van der Waals surface area (Å²) in [6.07, 6.45) is 1.38. The Morgan fingerprint density at radius 3 is 2.84 bits per heavy atom. The maximum Gasteiger partial charge on any atom is 0.312 e. The number of carboxylic acids is 1. The fourth-order valence-corrected chi connectivity index (χ4v) is 3.24. The molecule has 2 aromatic rings. The standard InChI is InChI=1S/C13H11FN2O2S/c14-7-1-3-8(4-2-7)15-13-16-11-9(12(17)18)5-6-10(11)19-13/h1-4,9H,5-6H2,(H,15,16)(H,17,18). The minimum Gasteiger partial charge on any atom is -0.481 e. The Kier molecular flexibility index (Phi) is 2.94. The van der Waals surface area contributed by atoms with E-state index >= 15 is 0 Å². The molecule has 3 rings (SSSR count). The molecule has 1 heterocycles. The van der Waals surface area contributed by atoms with Crippen LogP contribution in [-0.2, 0) is 11.2 Å². The molecule has 1 aliphatic rings. The molecule has 0 fully saturated rings. The summed E-state index contributed by atoms with van der Waals surface area (Å²) in [5.74, 6) is -1.61. The molecule has 1 aromatic carbocycles. The number of carbonyl (C=O) groups is 1. The van der Waals surface area contributed by atoms with Crippen molar-refractivity contribution in [3.63, 3.8) is 0 Å². The van der Waals surface area contributed by atoms with Gasteiger partial charge in [0.2, 0.25) is 0 Å². The Bertz CT molecular complexity index is 624. The van der Waals surface area contributed by atoms with E-state index in [-0.39, 0.29) is 5.82 Å². The van der Waals surface area contributed by atoms with E-state index in [4.69, 9.17) is 5.11 Å². The van der Waals surface area contributed by atoms with Gasteiger partial charge in [-0.25, -0.2) is 9.37 Å². The van der Waals surface area contributed by atoms with Gasteiger partial charge in [-0.15, -0.1) is 11.3 Å². The molecule has 1 unspecified atom stereocenters. The Balaban J connectivity index is 1.82. The molecule has 6 heteroatoms. The first kappa shape index (κ1) is 12.1. The van der Waals surface area contributed by atoms with E-state index in [1.165, 1.54) is 23.5 Å². The molecule has 0 aliphatic heterocycles. The summed E-state index contributed by atoms with van der Waals surface area (Å²) in [5, 5.41) is 12.8. The number of hydrogen-bond donors (Lipinski definition) is 2. The number of anilines is 2. The molecule has 0 radical (unpaired) electrons. The van der Waals surface area contributed by atoms with E-state index in [2.05, 4.69) is 10.3 Å². The molecule has 1 aliphatic carbocycles. The van der Waals surface area contributed by atoms with Crippen molar-refractivity contribution < 1.29 is 14.3 Å². The summed E-state index contributed by atoms with van der Waals surface area (Å²) in [6.45, 7) is 0. The molecule has 0 amide bonds. The first-order valence-electron chi connectivity index (χ1n) is 5.88. The number of aliphatic carboxylic acids is 1. The van der Waals surface area contributed by atoms with Crippen LogP contribution in [0.15, 0.2) is 24.3 Å². The second-order valence-corrected chi connectivity index (χ2v) is 5.47. The maximum absolute atomic E-state index is 12.8. The number of rotatable bonds is 3. The van der Waals surface area contributed by atoms with Gasteiger partial charge in [-0.2, -0.15) is 0 Å². The minimum absolute atomic E-state index is 0.293. The lowest BCUT2D eigenvalue weighted by Crippen LogP contribution is -2.08. The molecule has 0 saturated heterocycles. The summed E-state index contributed by atoms with van der Waals surface area (Å²) in [4.78, 5) is 16.4.